The Morgan fingerprint density at radius 1 is 0.253 bits per heavy atom. The zero-order chi connectivity index (χ0) is 51.6. The molecule has 0 atom stereocenters. The maximum absolute atomic E-state index is 6.84. The number of hydrogen-bond acceptors (Lipinski definition) is 4. The number of benzene rings is 12. The number of rotatable bonds is 3. The second kappa shape index (κ2) is 15.8. The van der Waals surface area contributed by atoms with Gasteiger partial charge in [-0.2, -0.15) is 0 Å². The van der Waals surface area contributed by atoms with E-state index in [0.29, 0.717) is 0 Å². The van der Waals surface area contributed by atoms with E-state index >= 15 is 0 Å². The van der Waals surface area contributed by atoms with Crippen LogP contribution in [0.1, 0.15) is 66.8 Å². The summed E-state index contributed by atoms with van der Waals surface area (Å²) in [6, 6.07) is 102. The van der Waals surface area contributed by atoms with Crippen LogP contribution in [0.25, 0.3) is 33.4 Å². The van der Waals surface area contributed by atoms with Crippen molar-refractivity contribution in [3.8, 4) is 56.4 Å². The summed E-state index contributed by atoms with van der Waals surface area (Å²) in [6.07, 6.45) is 0. The lowest BCUT2D eigenvalue weighted by Gasteiger charge is -2.40. The standard InChI is InChI=1S/C75H45NO2S/c1-4-23-53-48(20-1)50-42-40-47(45-64(50)74(53)59-28-9-15-36-68(59)78-69-37-16-10-29-60(69)74)76(46-41-43-56-52(44-46)49-21-2-5-24-54(49)73(56)57-26-7-13-34-66(57)77-67-35-14-8-27-58(67)73)65-33-19-32-63-72(65)51-22-3-6-25-55(51)75(63)61-30-11-17-38-70(61)79-71-39-18-12-31-62(71)75/h1-45H. The molecule has 3 aliphatic heterocycles. The summed E-state index contributed by atoms with van der Waals surface area (Å²) >= 11 is 1.88. The molecule has 368 valence electrons. The van der Waals surface area contributed by atoms with Crippen molar-refractivity contribution in [2.45, 2.75) is 26.0 Å². The summed E-state index contributed by atoms with van der Waals surface area (Å²) in [5, 5.41) is 0. The third-order valence-corrected chi connectivity index (χ3v) is 19.4. The number of fused-ring (bicyclic) bond motifs is 27. The highest BCUT2D eigenvalue weighted by atomic mass is 32.2. The van der Waals surface area contributed by atoms with Gasteiger partial charge in [0.1, 0.15) is 23.0 Å². The van der Waals surface area contributed by atoms with Crippen LogP contribution in [0.5, 0.6) is 23.0 Å². The Kier molecular flexibility index (Phi) is 8.67. The normalized spacial score (nSPS) is 15.3. The van der Waals surface area contributed by atoms with Gasteiger partial charge in [-0.05, 0) is 139 Å². The molecule has 3 aliphatic carbocycles. The van der Waals surface area contributed by atoms with E-state index in [0.717, 1.165) is 62.3 Å². The molecule has 18 rings (SSSR count). The summed E-state index contributed by atoms with van der Waals surface area (Å²) in [4.78, 5) is 5.15. The number of para-hydroxylation sites is 4. The maximum Gasteiger partial charge on any atom is 0.132 e. The first-order valence-corrected chi connectivity index (χ1v) is 28.1. The Morgan fingerprint density at radius 3 is 1.18 bits per heavy atom. The van der Waals surface area contributed by atoms with Crippen LogP contribution in [0.15, 0.2) is 283 Å². The average Bonchev–Trinajstić information content (AvgIpc) is 4.30. The van der Waals surface area contributed by atoms with Crippen LogP contribution < -0.4 is 14.4 Å². The third kappa shape index (κ3) is 5.35. The quantitative estimate of drug-likeness (QED) is 0.176. The lowest BCUT2D eigenvalue weighted by Crippen LogP contribution is -2.32. The van der Waals surface area contributed by atoms with Crippen LogP contribution in [0.2, 0.25) is 0 Å². The Hall–Kier alpha value is -9.61. The first-order chi connectivity index (χ1) is 39.2. The molecule has 12 aromatic carbocycles. The average molecular weight is 1020 g/mol. The molecule has 0 N–H and O–H groups in total. The first-order valence-electron chi connectivity index (χ1n) is 27.3. The van der Waals surface area contributed by atoms with E-state index in [-0.39, 0.29) is 0 Å². The largest absolute Gasteiger partial charge is 0.457 e. The molecule has 3 heterocycles. The van der Waals surface area contributed by atoms with Gasteiger partial charge in [-0.15, -0.1) is 0 Å². The van der Waals surface area contributed by atoms with E-state index in [1.807, 2.05) is 11.8 Å². The third-order valence-electron chi connectivity index (χ3n) is 18.3. The molecule has 0 fully saturated rings. The minimum absolute atomic E-state index is 0.557. The van der Waals surface area contributed by atoms with Crippen molar-refractivity contribution >= 4 is 28.8 Å². The number of nitrogens with zero attached hydrogens (tertiary/aromatic N) is 1. The van der Waals surface area contributed by atoms with Gasteiger partial charge in [-0.3, -0.25) is 0 Å². The van der Waals surface area contributed by atoms with Crippen molar-refractivity contribution in [1.29, 1.82) is 0 Å². The Balaban J connectivity index is 0.950. The van der Waals surface area contributed by atoms with E-state index in [2.05, 4.69) is 278 Å². The van der Waals surface area contributed by atoms with Gasteiger partial charge in [-0.1, -0.05) is 218 Å². The number of anilines is 3. The number of ether oxygens (including phenoxy) is 2. The van der Waals surface area contributed by atoms with Gasteiger partial charge in [0.05, 0.1) is 21.9 Å². The van der Waals surface area contributed by atoms with Crippen LogP contribution >= 0.6 is 11.8 Å². The minimum Gasteiger partial charge on any atom is -0.457 e. The van der Waals surface area contributed by atoms with Crippen molar-refractivity contribution in [3.05, 3.63) is 340 Å². The van der Waals surface area contributed by atoms with Crippen LogP contribution in [0, 0.1) is 0 Å². The van der Waals surface area contributed by atoms with E-state index in [1.165, 1.54) is 87.7 Å². The Morgan fingerprint density at radius 2 is 0.620 bits per heavy atom. The zero-order valence-electron chi connectivity index (χ0n) is 42.7. The van der Waals surface area contributed by atoms with E-state index in [1.54, 1.807) is 0 Å². The highest BCUT2D eigenvalue weighted by Crippen LogP contribution is 2.67. The van der Waals surface area contributed by atoms with Gasteiger partial charge in [0, 0.05) is 49.0 Å². The van der Waals surface area contributed by atoms with Crippen molar-refractivity contribution in [1.82, 2.24) is 0 Å². The molecular formula is C75H45NO2S. The molecule has 79 heavy (non-hydrogen) atoms. The van der Waals surface area contributed by atoms with E-state index in [4.69, 9.17) is 9.47 Å². The predicted octanol–water partition coefficient (Wildman–Crippen LogP) is 18.9. The molecule has 6 aliphatic rings. The van der Waals surface area contributed by atoms with Gasteiger partial charge in [0.15, 0.2) is 0 Å². The van der Waals surface area contributed by atoms with Crippen molar-refractivity contribution in [2.75, 3.05) is 4.90 Å². The minimum atomic E-state index is -0.658. The Bertz CT molecular complexity index is 4510. The number of hydrogen-bond donors (Lipinski definition) is 0. The lowest BCUT2D eigenvalue weighted by molar-refractivity contribution is 0.436. The summed E-state index contributed by atoms with van der Waals surface area (Å²) in [5.74, 6) is 3.52. The van der Waals surface area contributed by atoms with Crippen LogP contribution in [0.3, 0.4) is 0 Å². The molecule has 0 saturated carbocycles. The fourth-order valence-electron chi connectivity index (χ4n) is 15.5. The highest BCUT2D eigenvalue weighted by molar-refractivity contribution is 7.99. The Labute approximate surface area is 462 Å². The van der Waals surface area contributed by atoms with E-state index < -0.39 is 16.2 Å². The van der Waals surface area contributed by atoms with Crippen molar-refractivity contribution in [3.63, 3.8) is 0 Å². The second-order valence-corrected chi connectivity index (χ2v) is 22.7. The first kappa shape index (κ1) is 43.5. The molecule has 0 radical (unpaired) electrons. The summed E-state index contributed by atoms with van der Waals surface area (Å²) < 4.78 is 13.6. The monoisotopic (exact) mass is 1020 g/mol. The molecule has 0 bridgehead atoms. The van der Waals surface area contributed by atoms with Gasteiger partial charge in [0.2, 0.25) is 0 Å². The van der Waals surface area contributed by atoms with Crippen LogP contribution in [-0.4, -0.2) is 0 Å². The summed E-state index contributed by atoms with van der Waals surface area (Å²) in [5.41, 5.74) is 23.6. The molecule has 3 spiro atoms. The van der Waals surface area contributed by atoms with E-state index in [9.17, 15) is 0 Å². The molecule has 0 saturated heterocycles. The van der Waals surface area contributed by atoms with Gasteiger partial charge < -0.3 is 14.4 Å². The molecular weight excluding hydrogens is 979 g/mol. The van der Waals surface area contributed by atoms with Crippen molar-refractivity contribution < 1.29 is 9.47 Å². The van der Waals surface area contributed by atoms with Gasteiger partial charge >= 0.3 is 0 Å². The van der Waals surface area contributed by atoms with Crippen LogP contribution in [0.4, 0.5) is 17.1 Å². The van der Waals surface area contributed by atoms with Gasteiger partial charge in [-0.25, -0.2) is 0 Å². The maximum atomic E-state index is 6.84. The lowest BCUT2D eigenvalue weighted by atomic mass is 9.66. The topological polar surface area (TPSA) is 21.7 Å². The smallest absolute Gasteiger partial charge is 0.132 e. The highest BCUT2D eigenvalue weighted by Gasteiger charge is 2.55. The van der Waals surface area contributed by atoms with Crippen LogP contribution in [-0.2, 0) is 16.2 Å². The summed E-state index contributed by atoms with van der Waals surface area (Å²) in [7, 11) is 0. The second-order valence-electron chi connectivity index (χ2n) is 21.7. The molecule has 3 nitrogen and oxygen atoms in total. The predicted molar refractivity (Wildman–Crippen MR) is 317 cm³/mol. The molecule has 0 aromatic heterocycles. The van der Waals surface area contributed by atoms with Gasteiger partial charge in [0.25, 0.3) is 0 Å². The fraction of sp³-hybridized carbons (Fsp3) is 0.0400. The molecule has 4 heteroatoms. The molecule has 0 unspecified atom stereocenters. The molecule has 0 amide bonds. The molecule has 12 aromatic rings. The SMILES string of the molecule is c1ccc2c(c1)Oc1ccccc1C21c2ccccc2-c2cc(N(c3ccc4c(c3)C3(c5ccccc5Oc5ccccc53)c3ccccc3-4)c3cccc4c3-c3ccccc3C43c4ccccc4Sc4ccccc43)ccc21. The fourth-order valence-corrected chi connectivity index (χ4v) is 16.7. The zero-order valence-corrected chi connectivity index (χ0v) is 43.5. The summed E-state index contributed by atoms with van der Waals surface area (Å²) in [6.45, 7) is 0. The van der Waals surface area contributed by atoms with Crippen molar-refractivity contribution in [2.24, 2.45) is 0 Å².